The molecule has 1 aromatic heterocycles. The van der Waals surface area contributed by atoms with E-state index in [0.717, 1.165) is 29.8 Å². The highest BCUT2D eigenvalue weighted by Crippen LogP contribution is 2.24. The maximum atomic E-state index is 5.90. The van der Waals surface area contributed by atoms with Gasteiger partial charge in [-0.2, -0.15) is 0 Å². The second kappa shape index (κ2) is 4.72. The standard InChI is InChI=1S/C14H16N2O/c1-6-13-12(5-3-9-16-13)14(7-1)17-10-11-4-2-8-15-11/h1,3,5-7,9,11,15H,2,4,8,10H2/t11-/m1/s1. The van der Waals surface area contributed by atoms with Crippen LogP contribution in [-0.2, 0) is 0 Å². The fourth-order valence-electron chi connectivity index (χ4n) is 2.29. The van der Waals surface area contributed by atoms with Gasteiger partial charge in [0.1, 0.15) is 12.4 Å². The number of nitrogens with one attached hydrogen (secondary N) is 1. The van der Waals surface area contributed by atoms with E-state index in [1.54, 1.807) is 0 Å². The van der Waals surface area contributed by atoms with E-state index in [0.29, 0.717) is 6.04 Å². The number of hydrogen-bond acceptors (Lipinski definition) is 3. The van der Waals surface area contributed by atoms with Crippen LogP contribution in [0.5, 0.6) is 5.75 Å². The zero-order valence-corrected chi connectivity index (χ0v) is 9.73. The van der Waals surface area contributed by atoms with Crippen LogP contribution in [0.15, 0.2) is 36.5 Å². The fraction of sp³-hybridized carbons (Fsp3) is 0.357. The molecule has 1 N–H and O–H groups in total. The lowest BCUT2D eigenvalue weighted by Gasteiger charge is -2.13. The highest BCUT2D eigenvalue weighted by molar-refractivity contribution is 5.84. The van der Waals surface area contributed by atoms with Gasteiger partial charge in [-0.05, 0) is 43.7 Å². The maximum Gasteiger partial charge on any atom is 0.128 e. The zero-order chi connectivity index (χ0) is 11.5. The summed E-state index contributed by atoms with van der Waals surface area (Å²) in [6.07, 6.45) is 4.28. The van der Waals surface area contributed by atoms with Crippen molar-refractivity contribution < 1.29 is 4.74 Å². The van der Waals surface area contributed by atoms with E-state index in [2.05, 4.69) is 16.4 Å². The quantitative estimate of drug-likeness (QED) is 0.875. The molecule has 1 fully saturated rings. The molecule has 1 atom stereocenters. The molecule has 1 aliphatic rings. The Kier molecular flexibility index (Phi) is 2.92. The summed E-state index contributed by atoms with van der Waals surface area (Å²) in [6, 6.07) is 10.5. The van der Waals surface area contributed by atoms with Crippen LogP contribution in [0.25, 0.3) is 10.9 Å². The van der Waals surface area contributed by atoms with Gasteiger partial charge in [-0.3, -0.25) is 4.98 Å². The van der Waals surface area contributed by atoms with Crippen molar-refractivity contribution in [2.24, 2.45) is 0 Å². The van der Waals surface area contributed by atoms with Gasteiger partial charge in [0.25, 0.3) is 0 Å². The summed E-state index contributed by atoms with van der Waals surface area (Å²) in [5, 5.41) is 4.53. The summed E-state index contributed by atoms with van der Waals surface area (Å²) in [7, 11) is 0. The summed E-state index contributed by atoms with van der Waals surface area (Å²) in [5.74, 6) is 0.935. The third-order valence-electron chi connectivity index (χ3n) is 3.21. The fourth-order valence-corrected chi connectivity index (χ4v) is 2.29. The van der Waals surface area contributed by atoms with Crippen molar-refractivity contribution in [3.05, 3.63) is 36.5 Å². The molecule has 2 heterocycles. The Labute approximate surface area is 101 Å². The average Bonchev–Trinajstić information content (AvgIpc) is 2.89. The van der Waals surface area contributed by atoms with E-state index in [9.17, 15) is 0 Å². The Hall–Kier alpha value is -1.61. The van der Waals surface area contributed by atoms with Crippen molar-refractivity contribution in [1.29, 1.82) is 0 Å². The lowest BCUT2D eigenvalue weighted by molar-refractivity contribution is 0.280. The van der Waals surface area contributed by atoms with E-state index in [1.807, 2.05) is 30.5 Å². The number of rotatable bonds is 3. The molecule has 0 saturated carbocycles. The number of fused-ring (bicyclic) bond motifs is 1. The first-order valence-electron chi connectivity index (χ1n) is 6.13. The lowest BCUT2D eigenvalue weighted by Crippen LogP contribution is -2.28. The number of benzene rings is 1. The maximum absolute atomic E-state index is 5.90. The number of pyridine rings is 1. The Morgan fingerprint density at radius 1 is 1.29 bits per heavy atom. The molecule has 3 rings (SSSR count). The molecule has 17 heavy (non-hydrogen) atoms. The third kappa shape index (κ3) is 2.24. The molecular weight excluding hydrogens is 212 g/mol. The predicted molar refractivity (Wildman–Crippen MR) is 68.3 cm³/mol. The second-order valence-corrected chi connectivity index (χ2v) is 4.43. The zero-order valence-electron chi connectivity index (χ0n) is 9.73. The number of nitrogens with zero attached hydrogens (tertiary/aromatic N) is 1. The molecule has 88 valence electrons. The number of ether oxygens (including phenoxy) is 1. The van der Waals surface area contributed by atoms with Crippen LogP contribution in [0.1, 0.15) is 12.8 Å². The Balaban J connectivity index is 1.79. The molecule has 1 saturated heterocycles. The van der Waals surface area contributed by atoms with Gasteiger partial charge in [0.15, 0.2) is 0 Å². The molecule has 0 amide bonds. The van der Waals surface area contributed by atoms with Crippen molar-refractivity contribution in [3.8, 4) is 5.75 Å². The molecular formula is C14H16N2O. The van der Waals surface area contributed by atoms with E-state index in [4.69, 9.17) is 4.74 Å². The Morgan fingerprint density at radius 3 is 3.18 bits per heavy atom. The van der Waals surface area contributed by atoms with Crippen LogP contribution in [0.3, 0.4) is 0 Å². The van der Waals surface area contributed by atoms with Gasteiger partial charge in [0.2, 0.25) is 0 Å². The van der Waals surface area contributed by atoms with Crippen LogP contribution >= 0.6 is 0 Å². The first-order chi connectivity index (χ1) is 8.43. The Morgan fingerprint density at radius 2 is 2.29 bits per heavy atom. The predicted octanol–water partition coefficient (Wildman–Crippen LogP) is 2.37. The highest BCUT2D eigenvalue weighted by Gasteiger charge is 2.14. The second-order valence-electron chi connectivity index (χ2n) is 4.43. The smallest absolute Gasteiger partial charge is 0.128 e. The summed E-state index contributed by atoms with van der Waals surface area (Å²) in [4.78, 5) is 4.33. The molecule has 3 nitrogen and oxygen atoms in total. The molecule has 0 spiro atoms. The molecule has 0 radical (unpaired) electrons. The minimum Gasteiger partial charge on any atom is -0.491 e. The van der Waals surface area contributed by atoms with Gasteiger partial charge >= 0.3 is 0 Å². The van der Waals surface area contributed by atoms with Crippen LogP contribution in [0.4, 0.5) is 0 Å². The monoisotopic (exact) mass is 228 g/mol. The van der Waals surface area contributed by atoms with Crippen LogP contribution < -0.4 is 10.1 Å². The molecule has 2 aromatic rings. The Bertz CT molecular complexity index is 501. The van der Waals surface area contributed by atoms with Gasteiger partial charge in [-0.15, -0.1) is 0 Å². The average molecular weight is 228 g/mol. The van der Waals surface area contributed by atoms with Gasteiger partial charge in [0.05, 0.1) is 5.52 Å². The largest absolute Gasteiger partial charge is 0.491 e. The summed E-state index contributed by atoms with van der Waals surface area (Å²) < 4.78 is 5.90. The van der Waals surface area contributed by atoms with Gasteiger partial charge in [-0.25, -0.2) is 0 Å². The van der Waals surface area contributed by atoms with Crippen molar-refractivity contribution in [2.75, 3.05) is 13.2 Å². The minimum absolute atomic E-state index is 0.502. The normalized spacial score (nSPS) is 19.6. The van der Waals surface area contributed by atoms with Crippen molar-refractivity contribution >= 4 is 10.9 Å². The summed E-state index contributed by atoms with van der Waals surface area (Å²) in [5.41, 5.74) is 0.990. The van der Waals surface area contributed by atoms with E-state index >= 15 is 0 Å². The van der Waals surface area contributed by atoms with E-state index in [1.165, 1.54) is 12.8 Å². The molecule has 0 bridgehead atoms. The first-order valence-corrected chi connectivity index (χ1v) is 6.13. The molecule has 0 aliphatic carbocycles. The van der Waals surface area contributed by atoms with Crippen molar-refractivity contribution in [2.45, 2.75) is 18.9 Å². The summed E-state index contributed by atoms with van der Waals surface area (Å²) >= 11 is 0. The van der Waals surface area contributed by atoms with E-state index < -0.39 is 0 Å². The minimum atomic E-state index is 0.502. The van der Waals surface area contributed by atoms with Gasteiger partial charge in [-0.1, -0.05) is 6.07 Å². The molecule has 0 unspecified atom stereocenters. The van der Waals surface area contributed by atoms with Crippen LogP contribution in [-0.4, -0.2) is 24.2 Å². The van der Waals surface area contributed by atoms with Gasteiger partial charge in [0, 0.05) is 17.6 Å². The SMILES string of the molecule is c1cc(OC[C@H]2CCCN2)c2cccnc2c1. The number of aromatic nitrogens is 1. The lowest BCUT2D eigenvalue weighted by atomic mass is 10.2. The topological polar surface area (TPSA) is 34.1 Å². The highest BCUT2D eigenvalue weighted by atomic mass is 16.5. The molecule has 1 aromatic carbocycles. The molecule has 3 heteroatoms. The van der Waals surface area contributed by atoms with Crippen molar-refractivity contribution in [3.63, 3.8) is 0 Å². The van der Waals surface area contributed by atoms with Crippen molar-refractivity contribution in [1.82, 2.24) is 10.3 Å². The van der Waals surface area contributed by atoms with E-state index in [-0.39, 0.29) is 0 Å². The number of hydrogen-bond donors (Lipinski definition) is 1. The summed E-state index contributed by atoms with van der Waals surface area (Å²) in [6.45, 7) is 1.86. The van der Waals surface area contributed by atoms with Gasteiger partial charge < -0.3 is 10.1 Å². The van der Waals surface area contributed by atoms with Crippen LogP contribution in [0.2, 0.25) is 0 Å². The van der Waals surface area contributed by atoms with Crippen LogP contribution in [0, 0.1) is 0 Å². The first kappa shape index (κ1) is 10.5. The molecule has 1 aliphatic heterocycles. The third-order valence-corrected chi connectivity index (χ3v) is 3.21.